The Morgan fingerprint density at radius 1 is 1.26 bits per heavy atom. The Hall–Kier alpha value is -1.55. The zero-order chi connectivity index (χ0) is 16.7. The van der Waals surface area contributed by atoms with E-state index in [1.54, 1.807) is 0 Å². The van der Waals surface area contributed by atoms with E-state index in [0.717, 1.165) is 25.0 Å². The Morgan fingerprint density at radius 3 is 2.65 bits per heavy atom. The fourth-order valence-electron chi connectivity index (χ4n) is 3.15. The van der Waals surface area contributed by atoms with Crippen LogP contribution in [0.4, 0.5) is 0 Å². The molecule has 1 aromatic rings. The lowest BCUT2D eigenvalue weighted by Crippen LogP contribution is -2.55. The number of nitrogens with one attached hydrogen (secondary N) is 2. The molecule has 1 unspecified atom stereocenters. The number of benzene rings is 1. The summed E-state index contributed by atoms with van der Waals surface area (Å²) in [5.74, 6) is 1.67. The number of guanidine groups is 1. The lowest BCUT2D eigenvalue weighted by atomic mass is 9.93. The van der Waals surface area contributed by atoms with E-state index in [4.69, 9.17) is 0 Å². The van der Waals surface area contributed by atoms with Gasteiger partial charge >= 0.3 is 0 Å². The summed E-state index contributed by atoms with van der Waals surface area (Å²) in [4.78, 5) is 6.95. The van der Waals surface area contributed by atoms with E-state index >= 15 is 0 Å². The molecule has 1 heterocycles. The molecule has 0 radical (unpaired) electrons. The van der Waals surface area contributed by atoms with Crippen molar-refractivity contribution in [2.45, 2.75) is 45.7 Å². The van der Waals surface area contributed by atoms with Crippen molar-refractivity contribution in [2.75, 3.05) is 26.7 Å². The molecule has 0 bridgehead atoms. The summed E-state index contributed by atoms with van der Waals surface area (Å²) < 4.78 is 0. The van der Waals surface area contributed by atoms with E-state index < -0.39 is 0 Å². The lowest BCUT2D eigenvalue weighted by molar-refractivity contribution is 0.0739. The second-order valence-corrected chi connectivity index (χ2v) is 7.27. The number of nitrogens with zero attached hydrogens (tertiary/aromatic N) is 2. The van der Waals surface area contributed by atoms with Crippen LogP contribution < -0.4 is 10.6 Å². The third-order valence-electron chi connectivity index (χ3n) is 4.73. The average Bonchev–Trinajstić information content (AvgIpc) is 2.56. The molecule has 4 nitrogen and oxygen atoms in total. The first-order valence-corrected chi connectivity index (χ1v) is 8.75. The predicted octanol–water partition coefficient (Wildman–Crippen LogP) is 2.86. The van der Waals surface area contributed by atoms with Gasteiger partial charge in [0.1, 0.15) is 0 Å². The normalized spacial score (nSPS) is 20.3. The fraction of sp³-hybridized carbons (Fsp3) is 0.632. The molecule has 0 aromatic heterocycles. The Morgan fingerprint density at radius 2 is 2.00 bits per heavy atom. The largest absolute Gasteiger partial charge is 0.355 e. The fourth-order valence-corrected chi connectivity index (χ4v) is 3.15. The molecule has 0 aliphatic carbocycles. The van der Waals surface area contributed by atoms with Crippen molar-refractivity contribution in [1.29, 1.82) is 0 Å². The Balaban J connectivity index is 1.82. The Labute approximate surface area is 141 Å². The summed E-state index contributed by atoms with van der Waals surface area (Å²) in [7, 11) is 1.83. The van der Waals surface area contributed by atoms with Crippen LogP contribution >= 0.6 is 0 Å². The topological polar surface area (TPSA) is 39.7 Å². The number of rotatable bonds is 5. The zero-order valence-corrected chi connectivity index (χ0v) is 15.1. The molecular weight excluding hydrogens is 284 g/mol. The van der Waals surface area contributed by atoms with Gasteiger partial charge in [0, 0.05) is 32.2 Å². The van der Waals surface area contributed by atoms with E-state index in [9.17, 15) is 0 Å². The Kier molecular flexibility index (Phi) is 6.46. The van der Waals surface area contributed by atoms with Crippen molar-refractivity contribution < 1.29 is 0 Å². The van der Waals surface area contributed by atoms with Crippen LogP contribution in [0.3, 0.4) is 0 Å². The highest BCUT2D eigenvalue weighted by Gasteiger charge is 2.30. The number of aliphatic imine (C=N–C) groups is 1. The summed E-state index contributed by atoms with van der Waals surface area (Å²) in [5.41, 5.74) is 1.40. The van der Waals surface area contributed by atoms with Gasteiger partial charge in [0.05, 0.1) is 0 Å². The molecule has 128 valence electrons. The van der Waals surface area contributed by atoms with Crippen LogP contribution in [0.5, 0.6) is 0 Å². The maximum atomic E-state index is 4.34. The van der Waals surface area contributed by atoms with Crippen LogP contribution in [0.2, 0.25) is 0 Å². The van der Waals surface area contributed by atoms with Gasteiger partial charge in [-0.1, -0.05) is 37.3 Å². The molecular formula is C19H32N4. The van der Waals surface area contributed by atoms with Crippen LogP contribution in [0.25, 0.3) is 0 Å². The van der Waals surface area contributed by atoms with Gasteiger partial charge in [-0.05, 0) is 44.7 Å². The second-order valence-electron chi connectivity index (χ2n) is 7.27. The highest BCUT2D eigenvalue weighted by Crippen LogP contribution is 2.23. The maximum Gasteiger partial charge on any atom is 0.191 e. The number of likely N-dealkylation sites (tertiary alicyclic amines) is 1. The molecule has 1 aromatic carbocycles. The van der Waals surface area contributed by atoms with E-state index in [0.29, 0.717) is 0 Å². The number of hydrogen-bond acceptors (Lipinski definition) is 2. The molecule has 23 heavy (non-hydrogen) atoms. The summed E-state index contributed by atoms with van der Waals surface area (Å²) in [6, 6.07) is 10.4. The van der Waals surface area contributed by atoms with Crippen molar-refractivity contribution in [3.63, 3.8) is 0 Å². The van der Waals surface area contributed by atoms with Gasteiger partial charge in [-0.15, -0.1) is 0 Å². The molecule has 1 aliphatic heterocycles. The molecule has 1 aliphatic rings. The first-order valence-electron chi connectivity index (χ1n) is 8.75. The zero-order valence-electron chi connectivity index (χ0n) is 15.1. The highest BCUT2D eigenvalue weighted by atomic mass is 15.2. The van der Waals surface area contributed by atoms with Crippen molar-refractivity contribution in [3.05, 3.63) is 35.9 Å². The lowest BCUT2D eigenvalue weighted by Gasteiger charge is -2.43. The minimum Gasteiger partial charge on any atom is -0.355 e. The predicted molar refractivity (Wildman–Crippen MR) is 98.7 cm³/mol. The maximum absolute atomic E-state index is 4.34. The number of hydrogen-bond donors (Lipinski definition) is 2. The van der Waals surface area contributed by atoms with Gasteiger partial charge in [-0.2, -0.15) is 0 Å². The highest BCUT2D eigenvalue weighted by molar-refractivity contribution is 5.79. The van der Waals surface area contributed by atoms with Crippen LogP contribution in [0, 0.1) is 5.92 Å². The van der Waals surface area contributed by atoms with Crippen LogP contribution in [-0.2, 0) is 6.54 Å². The SMILES string of the molecule is CN=C(NCc1ccccc1)NCC(C)(C)N1CCCC(C)C1. The molecule has 2 rings (SSSR count). The third kappa shape index (κ3) is 5.54. The summed E-state index contributed by atoms with van der Waals surface area (Å²) >= 11 is 0. The van der Waals surface area contributed by atoms with E-state index in [-0.39, 0.29) is 5.54 Å². The summed E-state index contributed by atoms with van der Waals surface area (Å²) in [5, 5.41) is 6.88. The van der Waals surface area contributed by atoms with Crippen molar-refractivity contribution in [2.24, 2.45) is 10.9 Å². The minimum atomic E-state index is 0.138. The van der Waals surface area contributed by atoms with Gasteiger partial charge in [0.15, 0.2) is 5.96 Å². The van der Waals surface area contributed by atoms with Crippen molar-refractivity contribution in [1.82, 2.24) is 15.5 Å². The molecule has 2 N–H and O–H groups in total. The van der Waals surface area contributed by atoms with E-state index in [1.807, 2.05) is 13.1 Å². The molecule has 1 saturated heterocycles. The van der Waals surface area contributed by atoms with Crippen molar-refractivity contribution >= 4 is 5.96 Å². The number of piperidine rings is 1. The van der Waals surface area contributed by atoms with Gasteiger partial charge in [0.25, 0.3) is 0 Å². The average molecular weight is 316 g/mol. The molecule has 1 atom stereocenters. The van der Waals surface area contributed by atoms with Gasteiger partial charge in [-0.25, -0.2) is 0 Å². The molecule has 1 fully saturated rings. The summed E-state index contributed by atoms with van der Waals surface area (Å²) in [6.07, 6.45) is 2.67. The Bertz CT molecular complexity index is 495. The minimum absolute atomic E-state index is 0.138. The van der Waals surface area contributed by atoms with Crippen LogP contribution in [-0.4, -0.2) is 43.1 Å². The quantitative estimate of drug-likeness (QED) is 0.648. The van der Waals surface area contributed by atoms with Crippen LogP contribution in [0.1, 0.15) is 39.2 Å². The smallest absolute Gasteiger partial charge is 0.191 e. The molecule has 4 heteroatoms. The van der Waals surface area contributed by atoms with Gasteiger partial charge < -0.3 is 10.6 Å². The second kappa shape index (κ2) is 8.34. The third-order valence-corrected chi connectivity index (χ3v) is 4.73. The molecule has 0 spiro atoms. The first kappa shape index (κ1) is 17.8. The molecule has 0 saturated carbocycles. The van der Waals surface area contributed by atoms with E-state index in [1.165, 1.54) is 31.5 Å². The van der Waals surface area contributed by atoms with Gasteiger partial charge in [0.2, 0.25) is 0 Å². The van der Waals surface area contributed by atoms with Crippen molar-refractivity contribution in [3.8, 4) is 0 Å². The molecule has 0 amide bonds. The van der Waals surface area contributed by atoms with E-state index in [2.05, 4.69) is 65.6 Å². The summed E-state index contributed by atoms with van der Waals surface area (Å²) in [6.45, 7) is 11.1. The van der Waals surface area contributed by atoms with Crippen LogP contribution in [0.15, 0.2) is 35.3 Å². The first-order chi connectivity index (χ1) is 11.0. The van der Waals surface area contributed by atoms with Gasteiger partial charge in [-0.3, -0.25) is 9.89 Å². The monoisotopic (exact) mass is 316 g/mol. The standard InChI is InChI=1S/C19H32N4/c1-16-9-8-12-23(14-16)19(2,3)15-22-18(20-4)21-13-17-10-6-5-7-11-17/h5-7,10-11,16H,8-9,12-15H2,1-4H3,(H2,20,21,22).